The Labute approximate surface area is 220 Å². The van der Waals surface area contributed by atoms with Crippen LogP contribution < -0.4 is 15.4 Å². The number of pyridine rings is 1. The number of carbonyl (C=O) groups excluding carboxylic acids is 1. The van der Waals surface area contributed by atoms with Crippen molar-refractivity contribution in [1.29, 1.82) is 0 Å². The van der Waals surface area contributed by atoms with E-state index in [1.54, 1.807) is 41.2 Å². The molecule has 4 rings (SSSR count). The van der Waals surface area contributed by atoms with Gasteiger partial charge in [-0.3, -0.25) is 9.78 Å². The Kier molecular flexibility index (Phi) is 8.59. The summed E-state index contributed by atoms with van der Waals surface area (Å²) >= 11 is 12.6. The number of para-hydroxylation sites is 1. The van der Waals surface area contributed by atoms with E-state index in [-0.39, 0.29) is 24.2 Å². The Hall–Kier alpha value is -3.39. The first kappa shape index (κ1) is 25.7. The van der Waals surface area contributed by atoms with Gasteiger partial charge in [-0.15, -0.1) is 0 Å². The number of hydrogen-bond donors (Lipinski definition) is 2. The number of ether oxygens (including phenoxy) is 1. The third-order valence-electron chi connectivity index (χ3n) is 5.66. The molecular weight excluding hydrogens is 497 g/mol. The summed E-state index contributed by atoms with van der Waals surface area (Å²) in [7, 11) is 0. The van der Waals surface area contributed by atoms with Crippen molar-refractivity contribution in [3.8, 4) is 17.3 Å². The lowest BCUT2D eigenvalue weighted by Crippen LogP contribution is -2.28. The summed E-state index contributed by atoms with van der Waals surface area (Å²) in [5, 5.41) is 12.1. The van der Waals surface area contributed by atoms with Crippen molar-refractivity contribution < 1.29 is 9.53 Å². The number of nitrogens with zero attached hydrogens (tertiary/aromatic N) is 3. The number of carbonyl (C=O) groups is 1. The summed E-state index contributed by atoms with van der Waals surface area (Å²) in [6.45, 7) is 4.81. The third kappa shape index (κ3) is 6.23. The van der Waals surface area contributed by atoms with Gasteiger partial charge in [0.25, 0.3) is 5.91 Å². The molecule has 0 aliphatic rings. The monoisotopic (exact) mass is 523 g/mol. The maximum absolute atomic E-state index is 13.4. The van der Waals surface area contributed by atoms with Crippen LogP contribution >= 0.6 is 23.2 Å². The van der Waals surface area contributed by atoms with Crippen LogP contribution in [0.2, 0.25) is 10.0 Å². The van der Waals surface area contributed by atoms with Crippen LogP contribution in [0.15, 0.2) is 72.9 Å². The summed E-state index contributed by atoms with van der Waals surface area (Å²) in [5.74, 6) is 0.607. The molecule has 7 nitrogen and oxygen atoms in total. The van der Waals surface area contributed by atoms with Crippen LogP contribution in [-0.2, 0) is 13.1 Å². The van der Waals surface area contributed by atoms with Gasteiger partial charge in [-0.1, -0.05) is 48.3 Å². The molecule has 2 aromatic carbocycles. The van der Waals surface area contributed by atoms with E-state index in [1.165, 1.54) is 0 Å². The number of benzene rings is 2. The van der Waals surface area contributed by atoms with Gasteiger partial charge >= 0.3 is 0 Å². The molecule has 0 saturated heterocycles. The van der Waals surface area contributed by atoms with Crippen LogP contribution in [0.5, 0.6) is 11.6 Å². The molecule has 9 heteroatoms. The van der Waals surface area contributed by atoms with Crippen molar-refractivity contribution in [3.63, 3.8) is 0 Å². The van der Waals surface area contributed by atoms with E-state index in [4.69, 9.17) is 27.9 Å². The topological polar surface area (TPSA) is 81.1 Å². The minimum atomic E-state index is -0.339. The lowest BCUT2D eigenvalue weighted by atomic mass is 10.2. The molecule has 0 radical (unpaired) electrons. The molecule has 0 spiro atoms. The zero-order chi connectivity index (χ0) is 25.5. The fraction of sp³-hybridized carbons (Fsp3) is 0.222. The van der Waals surface area contributed by atoms with Crippen molar-refractivity contribution in [2.45, 2.75) is 39.4 Å². The molecule has 0 saturated carbocycles. The van der Waals surface area contributed by atoms with Crippen LogP contribution in [0.1, 0.15) is 42.0 Å². The van der Waals surface area contributed by atoms with E-state index in [0.29, 0.717) is 39.5 Å². The quantitative estimate of drug-likeness (QED) is 0.259. The average molecular weight is 524 g/mol. The summed E-state index contributed by atoms with van der Waals surface area (Å²) < 4.78 is 7.89. The van der Waals surface area contributed by atoms with Gasteiger partial charge in [-0.05, 0) is 61.9 Å². The summed E-state index contributed by atoms with van der Waals surface area (Å²) in [4.78, 5) is 17.7. The first-order chi connectivity index (χ1) is 17.5. The van der Waals surface area contributed by atoms with E-state index < -0.39 is 0 Å². The first-order valence-electron chi connectivity index (χ1n) is 11.7. The molecule has 1 unspecified atom stereocenters. The predicted octanol–water partition coefficient (Wildman–Crippen LogP) is 6.18. The number of nitrogens with one attached hydrogen (secondary N) is 2. The molecule has 4 aromatic rings. The molecule has 2 aromatic heterocycles. The lowest BCUT2D eigenvalue weighted by Gasteiger charge is -2.15. The van der Waals surface area contributed by atoms with Crippen molar-refractivity contribution in [1.82, 2.24) is 25.4 Å². The van der Waals surface area contributed by atoms with Gasteiger partial charge in [-0.2, -0.15) is 9.78 Å². The van der Waals surface area contributed by atoms with Crippen LogP contribution in [0.4, 0.5) is 0 Å². The number of amides is 1. The Balaban J connectivity index is 1.78. The summed E-state index contributed by atoms with van der Waals surface area (Å²) in [6.07, 6.45) is 2.61. The maximum Gasteiger partial charge on any atom is 0.272 e. The van der Waals surface area contributed by atoms with Gasteiger partial charge in [0.1, 0.15) is 5.75 Å². The van der Waals surface area contributed by atoms with Gasteiger partial charge in [0.2, 0.25) is 5.88 Å². The molecule has 186 valence electrons. The second kappa shape index (κ2) is 12.0. The van der Waals surface area contributed by atoms with E-state index in [0.717, 1.165) is 12.1 Å². The Morgan fingerprint density at radius 1 is 1.03 bits per heavy atom. The van der Waals surface area contributed by atoms with E-state index >= 15 is 0 Å². The Morgan fingerprint density at radius 2 is 1.78 bits per heavy atom. The van der Waals surface area contributed by atoms with Gasteiger partial charge in [0, 0.05) is 23.8 Å². The van der Waals surface area contributed by atoms with Crippen LogP contribution in [0, 0.1) is 0 Å². The molecule has 1 amide bonds. The molecule has 2 N–H and O–H groups in total. The standard InChI is InChI=1S/C27H27Cl2N5O2/c1-3-18(2)31-17-22-25(26(35)32-16-20-8-6-7-15-30-20)33-34(24-10-5-4-9-23(24)29)27(22)36-21-13-11-19(28)12-14-21/h4-15,18,31H,3,16-17H2,1-2H3,(H,32,35). The van der Waals surface area contributed by atoms with Crippen LogP contribution in [0.25, 0.3) is 5.69 Å². The van der Waals surface area contributed by atoms with Crippen molar-refractivity contribution in [2.24, 2.45) is 0 Å². The molecule has 0 aliphatic heterocycles. The van der Waals surface area contributed by atoms with Gasteiger partial charge in [0.05, 0.1) is 28.5 Å². The third-order valence-corrected chi connectivity index (χ3v) is 6.23. The lowest BCUT2D eigenvalue weighted by molar-refractivity contribution is 0.0943. The van der Waals surface area contributed by atoms with Crippen LogP contribution in [0.3, 0.4) is 0 Å². The normalized spacial score (nSPS) is 11.8. The van der Waals surface area contributed by atoms with Crippen molar-refractivity contribution in [2.75, 3.05) is 0 Å². The van der Waals surface area contributed by atoms with Crippen LogP contribution in [-0.4, -0.2) is 26.7 Å². The zero-order valence-electron chi connectivity index (χ0n) is 20.0. The number of halogens is 2. The van der Waals surface area contributed by atoms with E-state index in [9.17, 15) is 4.79 Å². The molecule has 1 atom stereocenters. The first-order valence-corrected chi connectivity index (χ1v) is 12.4. The second-order valence-corrected chi connectivity index (χ2v) is 9.09. The molecule has 0 fully saturated rings. The molecule has 0 aliphatic carbocycles. The van der Waals surface area contributed by atoms with E-state index in [1.807, 2.05) is 36.4 Å². The fourth-order valence-corrected chi connectivity index (χ4v) is 3.80. The van der Waals surface area contributed by atoms with Crippen molar-refractivity contribution in [3.05, 3.63) is 99.9 Å². The smallest absolute Gasteiger partial charge is 0.272 e. The SMILES string of the molecule is CCC(C)NCc1c(C(=O)NCc2ccccn2)nn(-c2ccccc2Cl)c1Oc1ccc(Cl)cc1. The van der Waals surface area contributed by atoms with Gasteiger partial charge in [-0.25, -0.2) is 0 Å². The Morgan fingerprint density at radius 3 is 2.47 bits per heavy atom. The van der Waals surface area contributed by atoms with Crippen molar-refractivity contribution >= 4 is 29.1 Å². The van der Waals surface area contributed by atoms with Gasteiger partial charge in [0.15, 0.2) is 5.69 Å². The highest BCUT2D eigenvalue weighted by Gasteiger charge is 2.26. The predicted molar refractivity (Wildman–Crippen MR) is 142 cm³/mol. The Bertz CT molecular complexity index is 1310. The average Bonchev–Trinajstić information content (AvgIpc) is 3.25. The second-order valence-electron chi connectivity index (χ2n) is 8.25. The molecular formula is C27H27Cl2N5O2. The summed E-state index contributed by atoms with van der Waals surface area (Å²) in [5.41, 5.74) is 2.19. The highest BCUT2D eigenvalue weighted by atomic mass is 35.5. The highest BCUT2D eigenvalue weighted by Crippen LogP contribution is 2.33. The fourth-order valence-electron chi connectivity index (χ4n) is 3.46. The number of rotatable bonds is 10. The van der Waals surface area contributed by atoms with E-state index in [2.05, 4.69) is 34.6 Å². The zero-order valence-corrected chi connectivity index (χ0v) is 21.6. The summed E-state index contributed by atoms with van der Waals surface area (Å²) in [6, 6.07) is 20.1. The minimum Gasteiger partial charge on any atom is -0.439 e. The number of hydrogen-bond acceptors (Lipinski definition) is 5. The largest absolute Gasteiger partial charge is 0.439 e. The number of aromatic nitrogens is 3. The molecule has 36 heavy (non-hydrogen) atoms. The highest BCUT2D eigenvalue weighted by molar-refractivity contribution is 6.32. The molecule has 0 bridgehead atoms. The maximum atomic E-state index is 13.4. The van der Waals surface area contributed by atoms with Gasteiger partial charge < -0.3 is 15.4 Å². The molecule has 2 heterocycles. The minimum absolute atomic E-state index is 0.224.